The average molecular weight is 414 g/mol. The van der Waals surface area contributed by atoms with Gasteiger partial charge in [-0.05, 0) is 26.8 Å². The molecule has 1 fully saturated rings. The highest BCUT2D eigenvalue weighted by atomic mass is 35.5. The van der Waals surface area contributed by atoms with Crippen LogP contribution in [0.15, 0.2) is 22.3 Å². The second kappa shape index (κ2) is 9.61. The van der Waals surface area contributed by atoms with Crippen LogP contribution in [0.3, 0.4) is 0 Å². The van der Waals surface area contributed by atoms with E-state index >= 15 is 0 Å². The molecular weight excluding hydrogens is 394 g/mol. The number of ether oxygens (including phenoxy) is 2. The van der Waals surface area contributed by atoms with Gasteiger partial charge in [0.2, 0.25) is 5.91 Å². The molecule has 1 atom stereocenters. The van der Waals surface area contributed by atoms with Gasteiger partial charge in [-0.2, -0.15) is 5.10 Å². The van der Waals surface area contributed by atoms with Gasteiger partial charge in [0.15, 0.2) is 16.7 Å². The topological polar surface area (TPSA) is 110 Å². The largest absolute Gasteiger partial charge is 0.490 e. The van der Waals surface area contributed by atoms with Crippen LogP contribution in [0.1, 0.15) is 32.8 Å². The van der Waals surface area contributed by atoms with Crippen LogP contribution in [0, 0.1) is 0 Å². The molecule has 10 heteroatoms. The lowest BCUT2D eigenvalue weighted by Crippen LogP contribution is -2.26. The Hall–Kier alpha value is -2.26. The highest BCUT2D eigenvalue weighted by Crippen LogP contribution is 2.33. The number of halogens is 1. The van der Waals surface area contributed by atoms with Gasteiger partial charge in [-0.1, -0.05) is 23.4 Å². The summed E-state index contributed by atoms with van der Waals surface area (Å²) in [5.41, 5.74) is 0.567. The SMILES string of the molecule is CCOc1cc(C=NN=C2NC(=O)C(CC(=O)O)S2)c(Cl)cc1OC(C)C. The lowest BCUT2D eigenvalue weighted by molar-refractivity contribution is -0.138. The van der Waals surface area contributed by atoms with E-state index in [9.17, 15) is 9.59 Å². The van der Waals surface area contributed by atoms with Crippen LogP contribution in [0.2, 0.25) is 5.02 Å². The van der Waals surface area contributed by atoms with Gasteiger partial charge in [-0.15, -0.1) is 5.10 Å². The number of carboxylic acids is 1. The van der Waals surface area contributed by atoms with E-state index in [1.54, 1.807) is 12.1 Å². The number of nitrogens with zero attached hydrogens (tertiary/aromatic N) is 2. The summed E-state index contributed by atoms with van der Waals surface area (Å²) < 4.78 is 11.3. The van der Waals surface area contributed by atoms with Gasteiger partial charge < -0.3 is 19.9 Å². The van der Waals surface area contributed by atoms with E-state index in [1.807, 2.05) is 20.8 Å². The van der Waals surface area contributed by atoms with Gasteiger partial charge in [-0.25, -0.2) is 0 Å². The minimum Gasteiger partial charge on any atom is -0.490 e. The van der Waals surface area contributed by atoms with Gasteiger partial charge in [0.25, 0.3) is 0 Å². The molecule has 1 aromatic carbocycles. The molecule has 0 radical (unpaired) electrons. The number of rotatable bonds is 8. The van der Waals surface area contributed by atoms with Gasteiger partial charge >= 0.3 is 5.97 Å². The number of carbonyl (C=O) groups excluding carboxylic acids is 1. The summed E-state index contributed by atoms with van der Waals surface area (Å²) in [6, 6.07) is 3.34. The first kappa shape index (κ1) is 21.0. The predicted octanol–water partition coefficient (Wildman–Crippen LogP) is 2.92. The molecule has 2 rings (SSSR count). The van der Waals surface area contributed by atoms with E-state index in [1.165, 1.54) is 6.21 Å². The number of amides is 1. The molecule has 8 nitrogen and oxygen atoms in total. The molecule has 1 aromatic rings. The first-order valence-electron chi connectivity index (χ1n) is 8.23. The van der Waals surface area contributed by atoms with Crippen LogP contribution >= 0.6 is 23.4 Å². The first-order chi connectivity index (χ1) is 12.8. The summed E-state index contributed by atoms with van der Waals surface area (Å²) in [5, 5.41) is 19.0. The van der Waals surface area contributed by atoms with Gasteiger partial charge in [0.05, 0.1) is 30.4 Å². The van der Waals surface area contributed by atoms with Crippen molar-refractivity contribution in [2.24, 2.45) is 10.2 Å². The molecule has 0 spiro atoms. The Morgan fingerprint density at radius 1 is 1.44 bits per heavy atom. The van der Waals surface area contributed by atoms with Crippen molar-refractivity contribution < 1.29 is 24.2 Å². The second-order valence-corrected chi connectivity index (χ2v) is 7.36. The maximum atomic E-state index is 11.7. The molecule has 0 aromatic heterocycles. The Labute approximate surface area is 166 Å². The fourth-order valence-corrected chi connectivity index (χ4v) is 3.27. The molecule has 2 N–H and O–H groups in total. The summed E-state index contributed by atoms with van der Waals surface area (Å²) in [6.45, 7) is 6.13. The quantitative estimate of drug-likeness (QED) is 0.501. The molecule has 1 aliphatic rings. The third-order valence-electron chi connectivity index (χ3n) is 3.21. The molecule has 1 amide bonds. The Balaban J connectivity index is 2.15. The normalized spacial score (nSPS) is 18.3. The molecule has 0 bridgehead atoms. The number of benzene rings is 1. The Morgan fingerprint density at radius 3 is 2.81 bits per heavy atom. The van der Waals surface area contributed by atoms with Crippen molar-refractivity contribution in [3.05, 3.63) is 22.7 Å². The lowest BCUT2D eigenvalue weighted by atomic mass is 10.2. The summed E-state index contributed by atoms with van der Waals surface area (Å²) in [6.07, 6.45) is 1.11. The molecule has 146 valence electrons. The van der Waals surface area contributed by atoms with Crippen LogP contribution in [-0.2, 0) is 9.59 Å². The highest BCUT2D eigenvalue weighted by Gasteiger charge is 2.32. The monoisotopic (exact) mass is 413 g/mol. The van der Waals surface area contributed by atoms with E-state index in [4.69, 9.17) is 26.2 Å². The van der Waals surface area contributed by atoms with E-state index < -0.39 is 17.1 Å². The molecule has 0 aliphatic carbocycles. The van der Waals surface area contributed by atoms with Gasteiger partial charge in [0.1, 0.15) is 5.25 Å². The Morgan fingerprint density at radius 2 is 2.19 bits per heavy atom. The van der Waals surface area contributed by atoms with Crippen LogP contribution in [0.4, 0.5) is 0 Å². The number of aliphatic carboxylic acids is 1. The standard InChI is InChI=1S/C17H20ClN3O5S/c1-4-25-12-5-10(11(18)6-13(12)26-9(2)3)8-19-21-17-20-16(24)14(27-17)7-15(22)23/h5-6,8-9,14H,4,7H2,1-3H3,(H,22,23)(H,20,21,24). The smallest absolute Gasteiger partial charge is 0.305 e. The van der Waals surface area contributed by atoms with Crippen LogP contribution in [-0.4, -0.2) is 46.3 Å². The van der Waals surface area contributed by atoms with E-state index in [2.05, 4.69) is 15.5 Å². The molecule has 1 aliphatic heterocycles. The van der Waals surface area contributed by atoms with Crippen molar-refractivity contribution in [1.29, 1.82) is 0 Å². The maximum Gasteiger partial charge on any atom is 0.305 e. The lowest BCUT2D eigenvalue weighted by Gasteiger charge is -2.15. The summed E-state index contributed by atoms with van der Waals surface area (Å²) >= 11 is 7.29. The van der Waals surface area contributed by atoms with Crippen molar-refractivity contribution >= 4 is 46.6 Å². The van der Waals surface area contributed by atoms with Crippen molar-refractivity contribution in [3.63, 3.8) is 0 Å². The summed E-state index contributed by atoms with van der Waals surface area (Å²) in [5.74, 6) is -0.375. The van der Waals surface area contributed by atoms with Crippen LogP contribution in [0.25, 0.3) is 0 Å². The van der Waals surface area contributed by atoms with Crippen molar-refractivity contribution in [2.75, 3.05) is 6.61 Å². The third kappa shape index (κ3) is 6.14. The Kier molecular flexibility index (Phi) is 7.49. The number of thioether (sulfide) groups is 1. The number of hydrogen-bond acceptors (Lipinski definition) is 7. The minimum atomic E-state index is -1.05. The van der Waals surface area contributed by atoms with Crippen LogP contribution in [0.5, 0.6) is 11.5 Å². The molecule has 1 heterocycles. The molecule has 1 saturated heterocycles. The molecule has 27 heavy (non-hydrogen) atoms. The maximum absolute atomic E-state index is 11.7. The molecule has 1 unspecified atom stereocenters. The number of carbonyl (C=O) groups is 2. The molecular formula is C17H20ClN3O5S. The van der Waals surface area contributed by atoms with Crippen LogP contribution < -0.4 is 14.8 Å². The molecule has 0 saturated carbocycles. The summed E-state index contributed by atoms with van der Waals surface area (Å²) in [7, 11) is 0. The zero-order valence-corrected chi connectivity index (χ0v) is 16.6. The fraction of sp³-hybridized carbons (Fsp3) is 0.412. The number of amidine groups is 1. The van der Waals surface area contributed by atoms with Crippen molar-refractivity contribution in [1.82, 2.24) is 5.32 Å². The van der Waals surface area contributed by atoms with Gasteiger partial charge in [0, 0.05) is 11.6 Å². The van der Waals surface area contributed by atoms with Gasteiger partial charge in [-0.3, -0.25) is 9.59 Å². The zero-order chi connectivity index (χ0) is 20.0. The summed E-state index contributed by atoms with van der Waals surface area (Å²) in [4.78, 5) is 22.4. The predicted molar refractivity (Wildman–Crippen MR) is 105 cm³/mol. The van der Waals surface area contributed by atoms with Crippen molar-refractivity contribution in [2.45, 2.75) is 38.5 Å². The fourth-order valence-electron chi connectivity index (χ4n) is 2.15. The highest BCUT2D eigenvalue weighted by molar-refractivity contribution is 8.15. The Bertz CT molecular complexity index is 782. The van der Waals surface area contributed by atoms with E-state index in [0.29, 0.717) is 28.7 Å². The second-order valence-electron chi connectivity index (χ2n) is 5.76. The van der Waals surface area contributed by atoms with E-state index in [0.717, 1.165) is 11.8 Å². The number of carboxylic acid groups (broad SMARTS) is 1. The zero-order valence-electron chi connectivity index (χ0n) is 15.1. The third-order valence-corrected chi connectivity index (χ3v) is 4.61. The van der Waals surface area contributed by atoms with Crippen molar-refractivity contribution in [3.8, 4) is 11.5 Å². The van der Waals surface area contributed by atoms with E-state index in [-0.39, 0.29) is 17.7 Å². The average Bonchev–Trinajstić information content (AvgIpc) is 2.90. The first-order valence-corrected chi connectivity index (χ1v) is 9.49. The number of hydrogen-bond donors (Lipinski definition) is 2. The minimum absolute atomic E-state index is 0.0343. The number of nitrogens with one attached hydrogen (secondary N) is 1.